The molecule has 0 spiro atoms. The number of morpholine rings is 1. The van der Waals surface area contributed by atoms with Gasteiger partial charge in [-0.1, -0.05) is 23.2 Å². The van der Waals surface area contributed by atoms with E-state index in [4.69, 9.17) is 39.1 Å². The Balaban J connectivity index is 2.24. The minimum atomic E-state index is -0.426. The van der Waals surface area contributed by atoms with Gasteiger partial charge in [-0.3, -0.25) is 15.5 Å². The van der Waals surface area contributed by atoms with Crippen molar-refractivity contribution < 1.29 is 9.53 Å². The second kappa shape index (κ2) is 6.98. The van der Waals surface area contributed by atoms with Gasteiger partial charge in [-0.25, -0.2) is 0 Å². The molecular weight excluding hydrogens is 315 g/mol. The van der Waals surface area contributed by atoms with Crippen LogP contribution in [0.5, 0.6) is 0 Å². The molecule has 1 saturated heterocycles. The zero-order valence-electron chi connectivity index (χ0n) is 11.3. The molecular formula is C13H16Cl2N4O2. The van der Waals surface area contributed by atoms with Crippen LogP contribution in [0, 0.1) is 5.41 Å². The van der Waals surface area contributed by atoms with Gasteiger partial charge in [0.25, 0.3) is 0 Å². The molecule has 1 aliphatic rings. The van der Waals surface area contributed by atoms with Crippen molar-refractivity contribution in [3.05, 3.63) is 27.7 Å². The Morgan fingerprint density at radius 1 is 1.38 bits per heavy atom. The molecule has 1 amide bonds. The number of nitrogens with zero attached hydrogens (tertiary/aromatic N) is 1. The monoisotopic (exact) mass is 330 g/mol. The highest BCUT2D eigenvalue weighted by Gasteiger charge is 2.19. The van der Waals surface area contributed by atoms with Crippen LogP contribution in [0.2, 0.25) is 10.0 Å². The third-order valence-electron chi connectivity index (χ3n) is 3.13. The Bertz CT molecular complexity index is 559. The molecule has 0 radical (unpaired) electrons. The fourth-order valence-electron chi connectivity index (χ4n) is 2.15. The van der Waals surface area contributed by atoms with E-state index in [0.717, 1.165) is 18.8 Å². The average Bonchev–Trinajstić information content (AvgIpc) is 2.43. The van der Waals surface area contributed by atoms with Crippen molar-refractivity contribution in [2.45, 2.75) is 6.42 Å². The first-order valence-corrected chi connectivity index (χ1v) is 7.18. The molecule has 1 heterocycles. The number of nitrogens with two attached hydrogens (primary N) is 1. The Morgan fingerprint density at radius 3 is 2.67 bits per heavy atom. The largest absolute Gasteiger partial charge is 0.378 e. The summed E-state index contributed by atoms with van der Waals surface area (Å²) < 4.78 is 5.31. The summed E-state index contributed by atoms with van der Waals surface area (Å²) in [5.74, 6) is -0.831. The van der Waals surface area contributed by atoms with Crippen LogP contribution in [0.25, 0.3) is 0 Å². The molecule has 114 valence electrons. The minimum absolute atomic E-state index is 0.0323. The Kier molecular flexibility index (Phi) is 5.27. The van der Waals surface area contributed by atoms with Crippen LogP contribution in [0.1, 0.15) is 5.56 Å². The zero-order valence-corrected chi connectivity index (χ0v) is 12.8. The predicted molar refractivity (Wildman–Crippen MR) is 83.3 cm³/mol. The van der Waals surface area contributed by atoms with Crippen molar-refractivity contribution >= 4 is 40.8 Å². The number of benzene rings is 1. The highest BCUT2D eigenvalue weighted by Crippen LogP contribution is 2.34. The molecule has 4 N–H and O–H groups in total. The Labute approximate surface area is 132 Å². The lowest BCUT2D eigenvalue weighted by atomic mass is 10.1. The molecule has 21 heavy (non-hydrogen) atoms. The number of guanidine groups is 1. The number of nitrogens with one attached hydrogen (secondary N) is 2. The lowest BCUT2D eigenvalue weighted by molar-refractivity contribution is -0.119. The van der Waals surface area contributed by atoms with Crippen LogP contribution in [0.15, 0.2) is 12.1 Å². The number of hydrogen-bond donors (Lipinski definition) is 3. The summed E-state index contributed by atoms with van der Waals surface area (Å²) in [5.41, 5.74) is 6.49. The van der Waals surface area contributed by atoms with Gasteiger partial charge in [0.2, 0.25) is 5.91 Å². The van der Waals surface area contributed by atoms with Crippen molar-refractivity contribution in [2.24, 2.45) is 5.73 Å². The number of ether oxygens (including phenoxy) is 1. The van der Waals surface area contributed by atoms with Gasteiger partial charge in [-0.15, -0.1) is 0 Å². The number of amides is 1. The molecule has 2 rings (SSSR count). The van der Waals surface area contributed by atoms with Gasteiger partial charge in [-0.05, 0) is 12.1 Å². The molecule has 0 saturated carbocycles. The summed E-state index contributed by atoms with van der Waals surface area (Å²) in [6.45, 7) is 2.75. The van der Waals surface area contributed by atoms with Gasteiger partial charge in [0.1, 0.15) is 0 Å². The molecule has 0 aliphatic carbocycles. The van der Waals surface area contributed by atoms with E-state index in [2.05, 4.69) is 10.2 Å². The first-order valence-electron chi connectivity index (χ1n) is 6.42. The smallest absolute Gasteiger partial charge is 0.231 e. The number of carbonyl (C=O) groups is 1. The fraction of sp³-hybridized carbons (Fsp3) is 0.385. The van der Waals surface area contributed by atoms with Crippen molar-refractivity contribution in [3.8, 4) is 0 Å². The molecule has 6 nitrogen and oxygen atoms in total. The highest BCUT2D eigenvalue weighted by molar-refractivity contribution is 6.38. The maximum absolute atomic E-state index is 11.7. The standard InChI is InChI=1S/C13H16Cl2N4O2/c14-9-1-2-10(19-3-5-21-6-4-19)12(15)8(9)7-11(20)18-13(16)17/h1-2H,3-7H2,(H4,16,17,18,20). The molecule has 0 aromatic heterocycles. The van der Waals surface area contributed by atoms with Crippen LogP contribution in [0.3, 0.4) is 0 Å². The number of rotatable bonds is 3. The van der Waals surface area contributed by atoms with Crippen LogP contribution in [0.4, 0.5) is 5.69 Å². The number of halogens is 2. The lowest BCUT2D eigenvalue weighted by Gasteiger charge is -2.30. The van der Waals surface area contributed by atoms with E-state index in [1.807, 2.05) is 6.07 Å². The van der Waals surface area contributed by atoms with Crippen molar-refractivity contribution in [1.82, 2.24) is 5.32 Å². The third-order valence-corrected chi connectivity index (χ3v) is 3.90. The number of anilines is 1. The molecule has 0 bridgehead atoms. The highest BCUT2D eigenvalue weighted by atomic mass is 35.5. The van der Waals surface area contributed by atoms with E-state index < -0.39 is 11.9 Å². The van der Waals surface area contributed by atoms with E-state index in [1.54, 1.807) is 6.07 Å². The molecule has 1 aromatic carbocycles. The lowest BCUT2D eigenvalue weighted by Crippen LogP contribution is -2.37. The second-order valence-corrected chi connectivity index (χ2v) is 5.38. The van der Waals surface area contributed by atoms with Crippen molar-refractivity contribution in [3.63, 3.8) is 0 Å². The van der Waals surface area contributed by atoms with E-state index in [1.165, 1.54) is 0 Å². The van der Waals surface area contributed by atoms with Gasteiger partial charge in [-0.2, -0.15) is 0 Å². The maximum atomic E-state index is 11.7. The van der Waals surface area contributed by atoms with Crippen molar-refractivity contribution in [2.75, 3.05) is 31.2 Å². The second-order valence-electron chi connectivity index (χ2n) is 4.60. The van der Waals surface area contributed by atoms with Gasteiger partial charge in [0.15, 0.2) is 5.96 Å². The summed E-state index contributed by atoms with van der Waals surface area (Å²) in [6.07, 6.45) is -0.0323. The van der Waals surface area contributed by atoms with Crippen LogP contribution >= 0.6 is 23.2 Å². The number of hydrogen-bond acceptors (Lipinski definition) is 4. The van der Waals surface area contributed by atoms with Crippen LogP contribution in [-0.4, -0.2) is 38.2 Å². The molecule has 8 heteroatoms. The summed E-state index contributed by atoms with van der Waals surface area (Å²) in [7, 11) is 0. The predicted octanol–water partition coefficient (Wildman–Crippen LogP) is 1.38. The number of carbonyl (C=O) groups excluding carboxylic acids is 1. The third kappa shape index (κ3) is 4.00. The molecule has 1 aliphatic heterocycles. The van der Waals surface area contributed by atoms with E-state index >= 15 is 0 Å². The van der Waals surface area contributed by atoms with E-state index in [-0.39, 0.29) is 6.42 Å². The van der Waals surface area contributed by atoms with E-state index in [0.29, 0.717) is 28.8 Å². The zero-order chi connectivity index (χ0) is 15.4. The van der Waals surface area contributed by atoms with Crippen molar-refractivity contribution in [1.29, 1.82) is 5.41 Å². The van der Waals surface area contributed by atoms with Gasteiger partial charge in [0, 0.05) is 23.7 Å². The normalized spacial score (nSPS) is 14.9. The van der Waals surface area contributed by atoms with Crippen LogP contribution < -0.4 is 16.0 Å². The summed E-state index contributed by atoms with van der Waals surface area (Å²) >= 11 is 12.5. The molecule has 0 unspecified atom stereocenters. The first kappa shape index (κ1) is 15.9. The summed E-state index contributed by atoms with van der Waals surface area (Å²) in [5, 5.41) is 10.1. The van der Waals surface area contributed by atoms with Gasteiger partial charge < -0.3 is 15.4 Å². The minimum Gasteiger partial charge on any atom is -0.378 e. The quantitative estimate of drug-likeness (QED) is 0.576. The fourth-order valence-corrected chi connectivity index (χ4v) is 2.77. The first-order chi connectivity index (χ1) is 9.99. The SMILES string of the molecule is N=C(N)NC(=O)Cc1c(Cl)ccc(N2CCOCC2)c1Cl. The molecule has 0 atom stereocenters. The summed E-state index contributed by atoms with van der Waals surface area (Å²) in [4.78, 5) is 13.8. The molecule has 1 aromatic rings. The van der Waals surface area contributed by atoms with Crippen LogP contribution in [-0.2, 0) is 16.0 Å². The van der Waals surface area contributed by atoms with E-state index in [9.17, 15) is 4.79 Å². The van der Waals surface area contributed by atoms with Gasteiger partial charge >= 0.3 is 0 Å². The maximum Gasteiger partial charge on any atom is 0.231 e. The topological polar surface area (TPSA) is 91.4 Å². The average molecular weight is 331 g/mol. The molecule has 1 fully saturated rings. The Hall–Kier alpha value is -1.50. The van der Waals surface area contributed by atoms with Gasteiger partial charge in [0.05, 0.1) is 30.3 Å². The summed E-state index contributed by atoms with van der Waals surface area (Å²) in [6, 6.07) is 3.55. The Morgan fingerprint density at radius 2 is 2.05 bits per heavy atom.